The summed E-state index contributed by atoms with van der Waals surface area (Å²) in [6.45, 7) is -3.00. The quantitative estimate of drug-likeness (QED) is 0.479. The molecular weight excluding hydrogens is 397 g/mol. The summed E-state index contributed by atoms with van der Waals surface area (Å²) in [5, 5.41) is 8.61. The van der Waals surface area contributed by atoms with Crippen molar-refractivity contribution in [3.05, 3.63) is 58.9 Å². The van der Waals surface area contributed by atoms with Gasteiger partial charge in [-0.3, -0.25) is 9.79 Å². The number of benzene rings is 2. The van der Waals surface area contributed by atoms with Crippen LogP contribution in [0.4, 0.5) is 18.9 Å². The Bertz CT molecular complexity index is 832. The highest BCUT2D eigenvalue weighted by Gasteiger charge is 2.11. The Balaban J connectivity index is 1.88. The first kappa shape index (κ1) is 21.4. The van der Waals surface area contributed by atoms with Gasteiger partial charge >= 0.3 is 6.61 Å². The lowest BCUT2D eigenvalue weighted by Gasteiger charge is -2.15. The number of nitrogens with zero attached hydrogens (tertiary/aromatic N) is 1. The predicted octanol–water partition coefficient (Wildman–Crippen LogP) is 3.38. The molecule has 2 rings (SSSR count). The van der Waals surface area contributed by atoms with Crippen LogP contribution in [0, 0.1) is 5.82 Å². The molecule has 28 heavy (non-hydrogen) atoms. The maximum Gasteiger partial charge on any atom is 0.387 e. The van der Waals surface area contributed by atoms with E-state index in [0.29, 0.717) is 16.3 Å². The SMILES string of the molecule is CN=C(NCC(=O)Nc1ccc(F)cc1)NCc1cc(Cl)ccc1OC(F)F. The summed E-state index contributed by atoms with van der Waals surface area (Å²) >= 11 is 5.90. The molecule has 6 nitrogen and oxygen atoms in total. The molecule has 0 saturated carbocycles. The van der Waals surface area contributed by atoms with Gasteiger partial charge in [-0.05, 0) is 42.5 Å². The Morgan fingerprint density at radius 2 is 1.89 bits per heavy atom. The monoisotopic (exact) mass is 414 g/mol. The van der Waals surface area contributed by atoms with Gasteiger partial charge in [0, 0.05) is 29.9 Å². The molecule has 0 aromatic heterocycles. The van der Waals surface area contributed by atoms with Gasteiger partial charge in [0.05, 0.1) is 6.54 Å². The number of alkyl halides is 2. The molecule has 0 spiro atoms. The van der Waals surface area contributed by atoms with Crippen molar-refractivity contribution in [2.24, 2.45) is 4.99 Å². The van der Waals surface area contributed by atoms with Crippen LogP contribution in [0.25, 0.3) is 0 Å². The van der Waals surface area contributed by atoms with Crippen molar-refractivity contribution in [1.82, 2.24) is 10.6 Å². The minimum absolute atomic E-state index is 0.0172. The van der Waals surface area contributed by atoms with E-state index in [-0.39, 0.29) is 30.7 Å². The van der Waals surface area contributed by atoms with Gasteiger partial charge in [0.15, 0.2) is 5.96 Å². The summed E-state index contributed by atoms with van der Waals surface area (Å²) in [5.41, 5.74) is 0.843. The second kappa shape index (κ2) is 10.4. The minimum Gasteiger partial charge on any atom is -0.434 e. The molecule has 0 unspecified atom stereocenters. The molecule has 0 radical (unpaired) electrons. The molecule has 0 heterocycles. The van der Waals surface area contributed by atoms with Crippen LogP contribution >= 0.6 is 11.6 Å². The molecule has 150 valence electrons. The molecule has 0 bridgehead atoms. The fraction of sp³-hybridized carbons (Fsp3) is 0.222. The highest BCUT2D eigenvalue weighted by molar-refractivity contribution is 6.30. The van der Waals surface area contributed by atoms with E-state index in [0.717, 1.165) is 0 Å². The Labute approximate surface area is 164 Å². The van der Waals surface area contributed by atoms with E-state index in [1.807, 2.05) is 0 Å². The van der Waals surface area contributed by atoms with Gasteiger partial charge in [0.25, 0.3) is 0 Å². The van der Waals surface area contributed by atoms with E-state index in [1.54, 1.807) is 0 Å². The highest BCUT2D eigenvalue weighted by atomic mass is 35.5. The summed E-state index contributed by atoms with van der Waals surface area (Å²) in [7, 11) is 1.49. The van der Waals surface area contributed by atoms with Crippen molar-refractivity contribution < 1.29 is 22.7 Å². The van der Waals surface area contributed by atoms with Crippen LogP contribution in [0.1, 0.15) is 5.56 Å². The lowest BCUT2D eigenvalue weighted by molar-refractivity contribution is -0.115. The first-order valence-corrected chi connectivity index (χ1v) is 8.48. The van der Waals surface area contributed by atoms with Crippen LogP contribution in [0.2, 0.25) is 5.02 Å². The van der Waals surface area contributed by atoms with Crippen LogP contribution in [-0.2, 0) is 11.3 Å². The Hall–Kier alpha value is -2.94. The molecule has 0 saturated heterocycles. The Kier molecular flexibility index (Phi) is 7.94. The van der Waals surface area contributed by atoms with Crippen LogP contribution < -0.4 is 20.7 Å². The smallest absolute Gasteiger partial charge is 0.387 e. The summed E-state index contributed by atoms with van der Waals surface area (Å²) in [4.78, 5) is 15.9. The van der Waals surface area contributed by atoms with Crippen molar-refractivity contribution in [2.45, 2.75) is 13.2 Å². The number of rotatable bonds is 7. The summed E-state index contributed by atoms with van der Waals surface area (Å²) in [5.74, 6) is -0.537. The van der Waals surface area contributed by atoms with Crippen LogP contribution in [-0.4, -0.2) is 32.1 Å². The predicted molar refractivity (Wildman–Crippen MR) is 101 cm³/mol. The Morgan fingerprint density at radius 1 is 1.18 bits per heavy atom. The minimum atomic E-state index is -2.97. The number of nitrogens with one attached hydrogen (secondary N) is 3. The molecule has 3 N–H and O–H groups in total. The van der Waals surface area contributed by atoms with Gasteiger partial charge < -0.3 is 20.7 Å². The summed E-state index contributed by atoms with van der Waals surface area (Å²) in [6, 6.07) is 9.60. The van der Waals surface area contributed by atoms with Gasteiger partial charge in [-0.2, -0.15) is 8.78 Å². The number of hydrogen-bond acceptors (Lipinski definition) is 3. The number of guanidine groups is 1. The number of carbonyl (C=O) groups excluding carboxylic acids is 1. The molecule has 2 aromatic rings. The van der Waals surface area contributed by atoms with E-state index in [2.05, 4.69) is 25.7 Å². The van der Waals surface area contributed by atoms with Gasteiger partial charge in [-0.25, -0.2) is 4.39 Å². The number of anilines is 1. The third kappa shape index (κ3) is 6.99. The second-order valence-electron chi connectivity index (χ2n) is 5.46. The molecule has 0 atom stereocenters. The average Bonchev–Trinajstić information content (AvgIpc) is 2.65. The first-order chi connectivity index (χ1) is 13.4. The zero-order chi connectivity index (χ0) is 20.5. The molecule has 0 aliphatic carbocycles. The van der Waals surface area contributed by atoms with Gasteiger partial charge in [0.1, 0.15) is 11.6 Å². The van der Waals surface area contributed by atoms with Gasteiger partial charge in [-0.1, -0.05) is 11.6 Å². The highest BCUT2D eigenvalue weighted by Crippen LogP contribution is 2.24. The second-order valence-corrected chi connectivity index (χ2v) is 5.90. The third-order valence-corrected chi connectivity index (χ3v) is 3.69. The maximum absolute atomic E-state index is 12.9. The van der Waals surface area contributed by atoms with E-state index in [4.69, 9.17) is 11.6 Å². The molecule has 1 amide bonds. The maximum atomic E-state index is 12.9. The largest absolute Gasteiger partial charge is 0.434 e. The van der Waals surface area contributed by atoms with E-state index >= 15 is 0 Å². The van der Waals surface area contributed by atoms with Crippen LogP contribution in [0.3, 0.4) is 0 Å². The normalized spacial score (nSPS) is 11.3. The number of halogens is 4. The van der Waals surface area contributed by atoms with Gasteiger partial charge in [-0.15, -0.1) is 0 Å². The molecule has 0 aliphatic heterocycles. The fourth-order valence-corrected chi connectivity index (χ4v) is 2.39. The molecular formula is C18H18ClF3N4O2. The van der Waals surface area contributed by atoms with Crippen molar-refractivity contribution in [1.29, 1.82) is 0 Å². The van der Waals surface area contributed by atoms with E-state index in [9.17, 15) is 18.0 Å². The fourth-order valence-electron chi connectivity index (χ4n) is 2.20. The average molecular weight is 415 g/mol. The first-order valence-electron chi connectivity index (χ1n) is 8.10. The number of aliphatic imine (C=N–C) groups is 1. The van der Waals surface area contributed by atoms with E-state index < -0.39 is 12.4 Å². The molecule has 0 fully saturated rings. The zero-order valence-corrected chi connectivity index (χ0v) is 15.6. The van der Waals surface area contributed by atoms with Crippen LogP contribution in [0.5, 0.6) is 5.75 Å². The van der Waals surface area contributed by atoms with Crippen molar-refractivity contribution in [2.75, 3.05) is 18.9 Å². The van der Waals surface area contributed by atoms with Crippen molar-refractivity contribution in [3.8, 4) is 5.75 Å². The zero-order valence-electron chi connectivity index (χ0n) is 14.8. The summed E-state index contributed by atoms with van der Waals surface area (Å²) in [6.07, 6.45) is 0. The number of ether oxygens (including phenoxy) is 1. The molecule has 10 heteroatoms. The van der Waals surface area contributed by atoms with Crippen molar-refractivity contribution >= 4 is 29.2 Å². The summed E-state index contributed by atoms with van der Waals surface area (Å²) < 4.78 is 42.3. The standard InChI is InChI=1S/C18H18ClF3N4O2/c1-23-18(25-10-16(27)26-14-5-3-13(20)4-6-14)24-9-11-8-12(19)2-7-15(11)28-17(21)22/h2-8,17H,9-10H2,1H3,(H,26,27)(H2,23,24,25). The number of carbonyl (C=O) groups is 1. The van der Waals surface area contributed by atoms with Crippen LogP contribution in [0.15, 0.2) is 47.5 Å². The Morgan fingerprint density at radius 3 is 2.54 bits per heavy atom. The van der Waals surface area contributed by atoms with E-state index in [1.165, 1.54) is 49.5 Å². The lowest BCUT2D eigenvalue weighted by Crippen LogP contribution is -2.41. The van der Waals surface area contributed by atoms with Gasteiger partial charge in [0.2, 0.25) is 5.91 Å². The number of amides is 1. The number of hydrogen-bond donors (Lipinski definition) is 3. The molecule has 2 aromatic carbocycles. The molecule has 0 aliphatic rings. The third-order valence-electron chi connectivity index (χ3n) is 3.45. The van der Waals surface area contributed by atoms with Crippen molar-refractivity contribution in [3.63, 3.8) is 0 Å². The lowest BCUT2D eigenvalue weighted by atomic mass is 10.2. The topological polar surface area (TPSA) is 74.8 Å².